The minimum Gasteiger partial charge on any atom is -0.352 e. The van der Waals surface area contributed by atoms with Crippen molar-refractivity contribution < 1.29 is 4.79 Å². The van der Waals surface area contributed by atoms with Gasteiger partial charge in [-0.15, -0.1) is 24.2 Å². The fourth-order valence-corrected chi connectivity index (χ4v) is 2.76. The van der Waals surface area contributed by atoms with Crippen molar-refractivity contribution in [3.05, 3.63) is 59.9 Å². The first-order valence-electron chi connectivity index (χ1n) is 7.09. The molecule has 2 aromatic rings. The number of thioether (sulfide) groups is 1. The zero-order chi connectivity index (χ0) is 15.1. The predicted octanol–water partition coefficient (Wildman–Crippen LogP) is 3.98. The third-order valence-electron chi connectivity index (χ3n) is 2.92. The van der Waals surface area contributed by atoms with E-state index in [-0.39, 0.29) is 18.3 Å². The van der Waals surface area contributed by atoms with Gasteiger partial charge in [0, 0.05) is 29.1 Å². The highest BCUT2D eigenvalue weighted by atomic mass is 35.5. The van der Waals surface area contributed by atoms with Gasteiger partial charge in [-0.05, 0) is 36.2 Å². The van der Waals surface area contributed by atoms with Gasteiger partial charge in [0.05, 0.1) is 5.56 Å². The van der Waals surface area contributed by atoms with Gasteiger partial charge in [0.15, 0.2) is 0 Å². The molecule has 0 saturated carbocycles. The molecule has 22 heavy (non-hydrogen) atoms. The van der Waals surface area contributed by atoms with Gasteiger partial charge in [-0.1, -0.05) is 26.0 Å². The first-order valence-corrected chi connectivity index (χ1v) is 7.97. The summed E-state index contributed by atoms with van der Waals surface area (Å²) < 4.78 is 0. The van der Waals surface area contributed by atoms with E-state index in [0.29, 0.717) is 17.4 Å². The molecular formula is C17H21ClN2OS. The molecule has 1 aromatic heterocycles. The molecule has 0 radical (unpaired) electrons. The number of carbonyl (C=O) groups excluding carboxylic acids is 1. The van der Waals surface area contributed by atoms with Crippen molar-refractivity contribution in [2.45, 2.75) is 30.4 Å². The highest BCUT2D eigenvalue weighted by Gasteiger charge is 2.04. The molecule has 118 valence electrons. The lowest BCUT2D eigenvalue weighted by Gasteiger charge is -2.07. The van der Waals surface area contributed by atoms with Gasteiger partial charge in [0.1, 0.15) is 0 Å². The average Bonchev–Trinajstić information content (AvgIpc) is 2.49. The number of carbonyl (C=O) groups is 1. The zero-order valence-corrected chi connectivity index (χ0v) is 14.4. The topological polar surface area (TPSA) is 42.0 Å². The van der Waals surface area contributed by atoms with Gasteiger partial charge in [-0.2, -0.15) is 0 Å². The Hall–Kier alpha value is -1.52. The third kappa shape index (κ3) is 6.08. The fraction of sp³-hybridized carbons (Fsp3) is 0.294. The predicted molar refractivity (Wildman–Crippen MR) is 95.0 cm³/mol. The monoisotopic (exact) mass is 336 g/mol. The molecule has 0 atom stereocenters. The Labute approximate surface area is 142 Å². The number of hydrogen-bond acceptors (Lipinski definition) is 3. The van der Waals surface area contributed by atoms with E-state index < -0.39 is 0 Å². The van der Waals surface area contributed by atoms with Gasteiger partial charge in [0.25, 0.3) is 5.91 Å². The van der Waals surface area contributed by atoms with E-state index in [1.807, 2.05) is 11.8 Å². The summed E-state index contributed by atoms with van der Waals surface area (Å²) in [6, 6.07) is 12.1. The van der Waals surface area contributed by atoms with Crippen LogP contribution >= 0.6 is 24.2 Å². The molecule has 0 aliphatic rings. The molecule has 5 heteroatoms. The molecule has 2 rings (SSSR count). The maximum atomic E-state index is 11.9. The molecule has 0 unspecified atom stereocenters. The van der Waals surface area contributed by atoms with Crippen LogP contribution in [0, 0.1) is 0 Å². The highest BCUT2D eigenvalue weighted by molar-refractivity contribution is 7.99. The van der Waals surface area contributed by atoms with Crippen LogP contribution in [0.3, 0.4) is 0 Å². The molecular weight excluding hydrogens is 316 g/mol. The van der Waals surface area contributed by atoms with Crippen LogP contribution < -0.4 is 5.32 Å². The summed E-state index contributed by atoms with van der Waals surface area (Å²) in [6.45, 7) is 5.00. The number of aromatic nitrogens is 1. The van der Waals surface area contributed by atoms with Gasteiger partial charge in [-0.3, -0.25) is 9.78 Å². The SMILES string of the molecule is CC(C)Sc1ccc(CCNC(=O)c2cccnc2)cc1.Cl. The first-order chi connectivity index (χ1) is 10.1. The van der Waals surface area contributed by atoms with Crippen molar-refractivity contribution in [2.75, 3.05) is 6.54 Å². The first kappa shape index (κ1) is 18.5. The van der Waals surface area contributed by atoms with E-state index in [4.69, 9.17) is 0 Å². The molecule has 1 aromatic carbocycles. The van der Waals surface area contributed by atoms with Crippen LogP contribution in [-0.4, -0.2) is 22.7 Å². The van der Waals surface area contributed by atoms with Crippen molar-refractivity contribution in [3.8, 4) is 0 Å². The maximum absolute atomic E-state index is 11.9. The van der Waals surface area contributed by atoms with Gasteiger partial charge in [-0.25, -0.2) is 0 Å². The van der Waals surface area contributed by atoms with Crippen LogP contribution in [0.15, 0.2) is 53.7 Å². The number of rotatable bonds is 6. The molecule has 0 saturated heterocycles. The second kappa shape index (κ2) is 9.49. The Morgan fingerprint density at radius 1 is 1.23 bits per heavy atom. The third-order valence-corrected chi connectivity index (χ3v) is 3.93. The van der Waals surface area contributed by atoms with Crippen LogP contribution in [0.1, 0.15) is 29.8 Å². The van der Waals surface area contributed by atoms with Crippen LogP contribution in [0.4, 0.5) is 0 Å². The number of pyridine rings is 1. The van der Waals surface area contributed by atoms with Crippen LogP contribution in [-0.2, 0) is 6.42 Å². The minimum atomic E-state index is -0.0740. The van der Waals surface area contributed by atoms with Crippen molar-refractivity contribution in [3.63, 3.8) is 0 Å². The number of hydrogen-bond donors (Lipinski definition) is 1. The van der Waals surface area contributed by atoms with E-state index in [1.165, 1.54) is 10.5 Å². The molecule has 0 fully saturated rings. The minimum absolute atomic E-state index is 0. The van der Waals surface area contributed by atoms with Gasteiger partial charge >= 0.3 is 0 Å². The largest absolute Gasteiger partial charge is 0.352 e. The molecule has 0 aliphatic carbocycles. The summed E-state index contributed by atoms with van der Waals surface area (Å²) >= 11 is 1.86. The summed E-state index contributed by atoms with van der Waals surface area (Å²) in [6.07, 6.45) is 4.07. The van der Waals surface area contributed by atoms with Gasteiger partial charge < -0.3 is 5.32 Å². The number of amides is 1. The Morgan fingerprint density at radius 2 is 1.95 bits per heavy atom. The number of nitrogens with one attached hydrogen (secondary N) is 1. The second-order valence-electron chi connectivity index (χ2n) is 5.06. The highest BCUT2D eigenvalue weighted by Crippen LogP contribution is 2.22. The summed E-state index contributed by atoms with van der Waals surface area (Å²) in [7, 11) is 0. The van der Waals surface area contributed by atoms with Gasteiger partial charge in [0.2, 0.25) is 0 Å². The normalized spacial score (nSPS) is 10.1. The van der Waals surface area contributed by atoms with Crippen LogP contribution in [0.5, 0.6) is 0 Å². The van der Waals surface area contributed by atoms with E-state index in [0.717, 1.165) is 6.42 Å². The lowest BCUT2D eigenvalue weighted by atomic mass is 10.1. The summed E-state index contributed by atoms with van der Waals surface area (Å²) in [5, 5.41) is 3.50. The van der Waals surface area contributed by atoms with Crippen LogP contribution in [0.25, 0.3) is 0 Å². The van der Waals surface area contributed by atoms with E-state index >= 15 is 0 Å². The molecule has 1 N–H and O–H groups in total. The number of nitrogens with zero attached hydrogens (tertiary/aromatic N) is 1. The Bertz CT molecular complexity index is 573. The quantitative estimate of drug-likeness (QED) is 0.811. The van der Waals surface area contributed by atoms with E-state index in [1.54, 1.807) is 24.5 Å². The Balaban J connectivity index is 0.00000242. The molecule has 3 nitrogen and oxygen atoms in total. The van der Waals surface area contributed by atoms with E-state index in [2.05, 4.69) is 48.4 Å². The van der Waals surface area contributed by atoms with Crippen molar-refractivity contribution in [1.29, 1.82) is 0 Å². The number of benzene rings is 1. The molecule has 1 amide bonds. The summed E-state index contributed by atoms with van der Waals surface area (Å²) in [5.74, 6) is -0.0740. The zero-order valence-electron chi connectivity index (χ0n) is 12.8. The Morgan fingerprint density at radius 3 is 2.55 bits per heavy atom. The molecule has 1 heterocycles. The molecule has 0 spiro atoms. The molecule has 0 aliphatic heterocycles. The smallest absolute Gasteiger partial charge is 0.252 e. The molecule has 0 bridgehead atoms. The van der Waals surface area contributed by atoms with Crippen molar-refractivity contribution >= 4 is 30.1 Å². The van der Waals surface area contributed by atoms with E-state index in [9.17, 15) is 4.79 Å². The van der Waals surface area contributed by atoms with Crippen LogP contribution in [0.2, 0.25) is 0 Å². The number of halogens is 1. The summed E-state index contributed by atoms with van der Waals surface area (Å²) in [5.41, 5.74) is 1.83. The Kier molecular flexibility index (Phi) is 7.99. The standard InChI is InChI=1S/C17H20N2OS.ClH/c1-13(2)21-16-7-5-14(6-8-16)9-11-19-17(20)15-4-3-10-18-12-15;/h3-8,10,12-13H,9,11H2,1-2H3,(H,19,20);1H. The maximum Gasteiger partial charge on any atom is 0.252 e. The fourth-order valence-electron chi connectivity index (χ4n) is 1.93. The summed E-state index contributed by atoms with van der Waals surface area (Å²) in [4.78, 5) is 17.1. The lowest BCUT2D eigenvalue weighted by molar-refractivity contribution is 0.0954. The second-order valence-corrected chi connectivity index (χ2v) is 6.71. The lowest BCUT2D eigenvalue weighted by Crippen LogP contribution is -2.25. The average molecular weight is 337 g/mol. The van der Waals surface area contributed by atoms with Crippen molar-refractivity contribution in [2.24, 2.45) is 0 Å². The van der Waals surface area contributed by atoms with Crippen molar-refractivity contribution in [1.82, 2.24) is 10.3 Å².